The molecule has 0 bridgehead atoms. The molecule has 2 aromatic rings. The number of rotatable bonds is 2. The van der Waals surface area contributed by atoms with Gasteiger partial charge in [-0.2, -0.15) is 0 Å². The number of hydrogen-bond acceptors (Lipinski definition) is 1. The van der Waals surface area contributed by atoms with Crippen molar-refractivity contribution in [3.05, 3.63) is 71.6 Å². The molecule has 0 aliphatic heterocycles. The van der Waals surface area contributed by atoms with E-state index in [1.165, 1.54) is 16.7 Å². The second kappa shape index (κ2) is 4.17. The predicted molar refractivity (Wildman–Crippen MR) is 70.9 cm³/mol. The molecule has 1 aliphatic carbocycles. The van der Waals surface area contributed by atoms with Crippen LogP contribution in [0.2, 0.25) is 0 Å². The van der Waals surface area contributed by atoms with Crippen LogP contribution in [0.5, 0.6) is 0 Å². The lowest BCUT2D eigenvalue weighted by molar-refractivity contribution is 0.683. The quantitative estimate of drug-likeness (QED) is 0.747. The molecular formula is C16H15N. The summed E-state index contributed by atoms with van der Waals surface area (Å²) in [6.45, 7) is 2.28. The Kier molecular flexibility index (Phi) is 2.52. The molecule has 1 heteroatoms. The monoisotopic (exact) mass is 221 g/mol. The van der Waals surface area contributed by atoms with Crippen LogP contribution in [0.1, 0.15) is 35.4 Å². The largest absolute Gasteiger partial charge is 0.265 e. The van der Waals surface area contributed by atoms with Crippen molar-refractivity contribution in [1.29, 1.82) is 0 Å². The summed E-state index contributed by atoms with van der Waals surface area (Å²) in [5.74, 6) is 0.992. The minimum absolute atomic E-state index is 0.494. The molecule has 0 fully saturated rings. The second-order valence-electron chi connectivity index (χ2n) is 4.58. The van der Waals surface area contributed by atoms with Crippen molar-refractivity contribution < 1.29 is 0 Å². The van der Waals surface area contributed by atoms with E-state index in [4.69, 9.17) is 0 Å². The fourth-order valence-corrected chi connectivity index (χ4v) is 2.59. The Morgan fingerprint density at radius 3 is 2.65 bits per heavy atom. The van der Waals surface area contributed by atoms with Crippen LogP contribution in [0.4, 0.5) is 0 Å². The fourth-order valence-electron chi connectivity index (χ4n) is 2.59. The molecule has 2 unspecified atom stereocenters. The molecule has 0 N–H and O–H groups in total. The van der Waals surface area contributed by atoms with Gasteiger partial charge in [-0.25, -0.2) is 0 Å². The van der Waals surface area contributed by atoms with Gasteiger partial charge in [0.2, 0.25) is 0 Å². The summed E-state index contributed by atoms with van der Waals surface area (Å²) in [6.07, 6.45) is 8.29. The maximum atomic E-state index is 4.08. The first-order valence-corrected chi connectivity index (χ1v) is 6.03. The Labute approximate surface area is 102 Å². The van der Waals surface area contributed by atoms with Gasteiger partial charge in [-0.05, 0) is 34.7 Å². The van der Waals surface area contributed by atoms with Gasteiger partial charge in [0.1, 0.15) is 0 Å². The van der Waals surface area contributed by atoms with Gasteiger partial charge in [-0.3, -0.25) is 4.98 Å². The van der Waals surface area contributed by atoms with E-state index < -0.39 is 0 Å². The summed E-state index contributed by atoms with van der Waals surface area (Å²) in [5.41, 5.74) is 4.15. The fraction of sp³-hybridized carbons (Fsp3) is 0.188. The van der Waals surface area contributed by atoms with E-state index >= 15 is 0 Å². The Bertz CT molecular complexity index is 542. The van der Waals surface area contributed by atoms with Crippen LogP contribution in [0.25, 0.3) is 6.08 Å². The topological polar surface area (TPSA) is 12.9 Å². The SMILES string of the molecule is CC(c1ccncc1)C1C=Cc2ccccc21. The van der Waals surface area contributed by atoms with Crippen molar-refractivity contribution in [2.45, 2.75) is 18.8 Å². The van der Waals surface area contributed by atoms with Gasteiger partial charge in [-0.15, -0.1) is 0 Å². The zero-order valence-electron chi connectivity index (χ0n) is 9.88. The van der Waals surface area contributed by atoms with Crippen LogP contribution in [0.15, 0.2) is 54.9 Å². The number of pyridine rings is 1. The summed E-state index contributed by atoms with van der Waals surface area (Å²) in [5, 5.41) is 0. The second-order valence-corrected chi connectivity index (χ2v) is 4.58. The summed E-state index contributed by atoms with van der Waals surface area (Å²) in [7, 11) is 0. The van der Waals surface area contributed by atoms with Gasteiger partial charge in [0, 0.05) is 18.3 Å². The van der Waals surface area contributed by atoms with Crippen molar-refractivity contribution >= 4 is 6.08 Å². The van der Waals surface area contributed by atoms with Crippen LogP contribution in [0, 0.1) is 0 Å². The maximum Gasteiger partial charge on any atom is 0.0270 e. The molecule has 1 nitrogen and oxygen atoms in total. The highest BCUT2D eigenvalue weighted by atomic mass is 14.6. The smallest absolute Gasteiger partial charge is 0.0270 e. The van der Waals surface area contributed by atoms with Gasteiger partial charge >= 0.3 is 0 Å². The number of nitrogens with zero attached hydrogens (tertiary/aromatic N) is 1. The van der Waals surface area contributed by atoms with Crippen LogP contribution in [0.3, 0.4) is 0 Å². The third kappa shape index (κ3) is 1.78. The first-order chi connectivity index (χ1) is 8.36. The Morgan fingerprint density at radius 1 is 1.06 bits per heavy atom. The molecule has 3 rings (SSSR count). The highest BCUT2D eigenvalue weighted by molar-refractivity contribution is 5.63. The van der Waals surface area contributed by atoms with Gasteiger partial charge < -0.3 is 0 Å². The Hall–Kier alpha value is -1.89. The molecule has 17 heavy (non-hydrogen) atoms. The van der Waals surface area contributed by atoms with E-state index in [1.54, 1.807) is 0 Å². The molecular weight excluding hydrogens is 206 g/mol. The summed E-state index contributed by atoms with van der Waals surface area (Å²) >= 11 is 0. The van der Waals surface area contributed by atoms with E-state index in [-0.39, 0.29) is 0 Å². The molecule has 1 aliphatic rings. The minimum Gasteiger partial charge on any atom is -0.265 e. The van der Waals surface area contributed by atoms with Crippen molar-refractivity contribution in [3.63, 3.8) is 0 Å². The third-order valence-electron chi connectivity index (χ3n) is 3.61. The van der Waals surface area contributed by atoms with Crippen molar-refractivity contribution in [2.24, 2.45) is 0 Å². The van der Waals surface area contributed by atoms with Crippen LogP contribution < -0.4 is 0 Å². The molecule has 0 saturated heterocycles. The standard InChI is InChI=1S/C16H15N/c1-12(13-8-10-17-11-9-13)15-7-6-14-4-2-3-5-16(14)15/h2-12,15H,1H3. The van der Waals surface area contributed by atoms with Crippen LogP contribution in [-0.4, -0.2) is 4.98 Å². The van der Waals surface area contributed by atoms with Crippen molar-refractivity contribution in [1.82, 2.24) is 4.98 Å². The zero-order chi connectivity index (χ0) is 11.7. The van der Waals surface area contributed by atoms with E-state index in [2.05, 4.69) is 60.5 Å². The number of fused-ring (bicyclic) bond motifs is 1. The predicted octanol–water partition coefficient (Wildman–Crippen LogP) is 4.00. The van der Waals surface area contributed by atoms with Crippen molar-refractivity contribution in [3.8, 4) is 0 Å². The number of benzene rings is 1. The normalized spacial score (nSPS) is 19.0. The molecule has 1 aromatic carbocycles. The van der Waals surface area contributed by atoms with Crippen LogP contribution in [-0.2, 0) is 0 Å². The van der Waals surface area contributed by atoms with Gasteiger partial charge in [0.05, 0.1) is 0 Å². The van der Waals surface area contributed by atoms with Gasteiger partial charge in [0.25, 0.3) is 0 Å². The molecule has 0 spiro atoms. The van der Waals surface area contributed by atoms with E-state index in [1.807, 2.05) is 12.4 Å². The summed E-state index contributed by atoms with van der Waals surface area (Å²) in [4.78, 5) is 4.08. The van der Waals surface area contributed by atoms with Gasteiger partial charge in [0.15, 0.2) is 0 Å². The molecule has 1 aromatic heterocycles. The first kappa shape index (κ1) is 10.3. The summed E-state index contributed by atoms with van der Waals surface area (Å²) in [6, 6.07) is 12.9. The highest BCUT2D eigenvalue weighted by Crippen LogP contribution is 2.39. The van der Waals surface area contributed by atoms with Crippen LogP contribution >= 0.6 is 0 Å². The molecule has 84 valence electrons. The van der Waals surface area contributed by atoms with E-state index in [0.29, 0.717) is 11.8 Å². The Morgan fingerprint density at radius 2 is 1.82 bits per heavy atom. The lowest BCUT2D eigenvalue weighted by atomic mass is 9.84. The number of allylic oxidation sites excluding steroid dienone is 1. The molecule has 0 saturated carbocycles. The van der Waals surface area contributed by atoms with Crippen molar-refractivity contribution in [2.75, 3.05) is 0 Å². The summed E-state index contributed by atoms with van der Waals surface area (Å²) < 4.78 is 0. The highest BCUT2D eigenvalue weighted by Gasteiger charge is 2.23. The average Bonchev–Trinajstić information content (AvgIpc) is 2.83. The average molecular weight is 221 g/mol. The Balaban J connectivity index is 1.95. The molecule has 0 amide bonds. The zero-order valence-corrected chi connectivity index (χ0v) is 9.88. The molecule has 0 radical (unpaired) electrons. The molecule has 2 atom stereocenters. The van der Waals surface area contributed by atoms with E-state index in [0.717, 1.165) is 0 Å². The first-order valence-electron chi connectivity index (χ1n) is 6.03. The lowest BCUT2D eigenvalue weighted by Gasteiger charge is -2.19. The van der Waals surface area contributed by atoms with Gasteiger partial charge in [-0.1, -0.05) is 43.3 Å². The molecule has 1 heterocycles. The minimum atomic E-state index is 0.494. The lowest BCUT2D eigenvalue weighted by Crippen LogP contribution is -2.04. The maximum absolute atomic E-state index is 4.08. The van der Waals surface area contributed by atoms with E-state index in [9.17, 15) is 0 Å². The number of hydrogen-bond donors (Lipinski definition) is 0. The third-order valence-corrected chi connectivity index (χ3v) is 3.61. The number of aromatic nitrogens is 1.